The summed E-state index contributed by atoms with van der Waals surface area (Å²) in [6.45, 7) is 0.994. The van der Waals surface area contributed by atoms with Gasteiger partial charge in [-0.2, -0.15) is 0 Å². The van der Waals surface area contributed by atoms with Gasteiger partial charge in [0.05, 0.1) is 13.0 Å². The highest BCUT2D eigenvalue weighted by atomic mass is 16.4. The second kappa shape index (κ2) is 7.69. The van der Waals surface area contributed by atoms with Crippen molar-refractivity contribution in [3.63, 3.8) is 0 Å². The molecule has 142 valence electrons. The summed E-state index contributed by atoms with van der Waals surface area (Å²) in [6, 6.07) is 14.7. The van der Waals surface area contributed by atoms with Crippen molar-refractivity contribution in [1.29, 1.82) is 0 Å². The van der Waals surface area contributed by atoms with Crippen LogP contribution in [0.4, 0.5) is 0 Å². The first kappa shape index (κ1) is 18.0. The van der Waals surface area contributed by atoms with Crippen LogP contribution < -0.4 is 5.32 Å². The first-order valence-electron chi connectivity index (χ1n) is 9.79. The Morgan fingerprint density at radius 2 is 1.81 bits per heavy atom. The zero-order chi connectivity index (χ0) is 18.8. The minimum atomic E-state index is -0.764. The van der Waals surface area contributed by atoms with Crippen molar-refractivity contribution < 1.29 is 14.7 Å². The maximum absolute atomic E-state index is 12.4. The second-order valence-corrected chi connectivity index (χ2v) is 8.01. The molecule has 0 heterocycles. The number of rotatable bonds is 8. The molecule has 2 aromatic carbocycles. The molecule has 0 unspecified atom stereocenters. The molecule has 2 aliphatic rings. The number of amides is 1. The highest BCUT2D eigenvalue weighted by Gasteiger charge is 2.37. The van der Waals surface area contributed by atoms with Crippen LogP contribution in [0.25, 0.3) is 10.8 Å². The molecule has 0 saturated heterocycles. The number of nitrogens with zero attached hydrogens (tertiary/aromatic N) is 1. The van der Waals surface area contributed by atoms with E-state index >= 15 is 0 Å². The molecule has 0 aliphatic heterocycles. The standard InChI is InChI=1S/C22H26N2O3/c25-21(10-16-7-8-17-3-1-2-4-18(17)9-16)23-19-11-20(12-19)24(14-22(26)27)13-15-5-6-15/h1-4,7-9,15,19-20H,5-6,10-14H2,(H,23,25)(H,26,27). The van der Waals surface area contributed by atoms with E-state index in [1.807, 2.05) is 18.2 Å². The Morgan fingerprint density at radius 3 is 2.52 bits per heavy atom. The van der Waals surface area contributed by atoms with Crippen LogP contribution in [-0.4, -0.2) is 47.1 Å². The third-order valence-corrected chi connectivity index (χ3v) is 5.70. The van der Waals surface area contributed by atoms with Gasteiger partial charge in [-0.1, -0.05) is 42.5 Å². The molecule has 0 radical (unpaired) electrons. The molecule has 4 rings (SSSR count). The van der Waals surface area contributed by atoms with E-state index in [2.05, 4.69) is 34.5 Å². The van der Waals surface area contributed by atoms with E-state index < -0.39 is 5.97 Å². The van der Waals surface area contributed by atoms with Gasteiger partial charge in [0.1, 0.15) is 0 Å². The average Bonchev–Trinajstić information content (AvgIpc) is 3.41. The van der Waals surface area contributed by atoms with Gasteiger partial charge in [-0.3, -0.25) is 14.5 Å². The Morgan fingerprint density at radius 1 is 1.07 bits per heavy atom. The number of carbonyl (C=O) groups excluding carboxylic acids is 1. The molecule has 2 aliphatic carbocycles. The number of carboxylic acids is 1. The van der Waals surface area contributed by atoms with Crippen molar-refractivity contribution >= 4 is 22.6 Å². The number of carboxylic acid groups (broad SMARTS) is 1. The number of aliphatic carboxylic acids is 1. The molecule has 0 bridgehead atoms. The lowest BCUT2D eigenvalue weighted by molar-refractivity contribution is -0.140. The summed E-state index contributed by atoms with van der Waals surface area (Å²) in [5.41, 5.74) is 1.02. The van der Waals surface area contributed by atoms with E-state index in [4.69, 9.17) is 5.11 Å². The molecule has 2 N–H and O–H groups in total. The molecule has 27 heavy (non-hydrogen) atoms. The van der Waals surface area contributed by atoms with Crippen molar-refractivity contribution in [3.8, 4) is 0 Å². The number of fused-ring (bicyclic) bond motifs is 1. The zero-order valence-electron chi connectivity index (χ0n) is 15.4. The van der Waals surface area contributed by atoms with Gasteiger partial charge >= 0.3 is 5.97 Å². The van der Waals surface area contributed by atoms with Crippen LogP contribution in [0.1, 0.15) is 31.2 Å². The van der Waals surface area contributed by atoms with Crippen LogP contribution in [0.3, 0.4) is 0 Å². The Balaban J connectivity index is 1.27. The van der Waals surface area contributed by atoms with Crippen molar-refractivity contribution in [2.24, 2.45) is 5.92 Å². The first-order chi connectivity index (χ1) is 13.1. The summed E-state index contributed by atoms with van der Waals surface area (Å²) in [5.74, 6) is -0.0500. The Labute approximate surface area is 159 Å². The van der Waals surface area contributed by atoms with Crippen LogP contribution >= 0.6 is 0 Å². The molecule has 2 saturated carbocycles. The monoisotopic (exact) mass is 366 g/mol. The predicted octanol–water partition coefficient (Wildman–Crippen LogP) is 2.83. The minimum Gasteiger partial charge on any atom is -0.480 e. The molecule has 5 heteroatoms. The lowest BCUT2D eigenvalue weighted by Crippen LogP contribution is -2.55. The normalized spacial score (nSPS) is 21.8. The van der Waals surface area contributed by atoms with Gasteiger partial charge in [0, 0.05) is 18.6 Å². The lowest BCUT2D eigenvalue weighted by Gasteiger charge is -2.42. The number of nitrogens with one attached hydrogen (secondary N) is 1. The fourth-order valence-corrected chi connectivity index (χ4v) is 3.97. The summed E-state index contributed by atoms with van der Waals surface area (Å²) >= 11 is 0. The van der Waals surface area contributed by atoms with Crippen LogP contribution in [-0.2, 0) is 16.0 Å². The largest absolute Gasteiger partial charge is 0.480 e. The Kier molecular flexibility index (Phi) is 5.12. The van der Waals surface area contributed by atoms with E-state index in [1.54, 1.807) is 0 Å². The summed E-state index contributed by atoms with van der Waals surface area (Å²) in [7, 11) is 0. The topological polar surface area (TPSA) is 69.6 Å². The van der Waals surface area contributed by atoms with Crippen LogP contribution in [0.5, 0.6) is 0 Å². The van der Waals surface area contributed by atoms with Crippen LogP contribution in [0.2, 0.25) is 0 Å². The molecular weight excluding hydrogens is 340 g/mol. The molecular formula is C22H26N2O3. The van der Waals surface area contributed by atoms with Crippen molar-refractivity contribution in [2.75, 3.05) is 13.1 Å². The molecule has 1 amide bonds. The lowest BCUT2D eigenvalue weighted by atomic mass is 9.85. The molecule has 0 atom stereocenters. The summed E-state index contributed by atoms with van der Waals surface area (Å²) in [4.78, 5) is 25.6. The SMILES string of the molecule is O=C(O)CN(CC1CC1)C1CC(NC(=O)Cc2ccc3ccccc3c2)C1. The van der Waals surface area contributed by atoms with E-state index in [1.165, 1.54) is 18.2 Å². The van der Waals surface area contributed by atoms with Crippen LogP contribution in [0, 0.1) is 5.92 Å². The smallest absolute Gasteiger partial charge is 0.317 e. The van der Waals surface area contributed by atoms with E-state index in [-0.39, 0.29) is 24.5 Å². The highest BCUT2D eigenvalue weighted by molar-refractivity contribution is 5.85. The fourth-order valence-electron chi connectivity index (χ4n) is 3.97. The third kappa shape index (κ3) is 4.66. The van der Waals surface area contributed by atoms with Crippen LogP contribution in [0.15, 0.2) is 42.5 Å². The molecule has 0 aromatic heterocycles. The maximum atomic E-state index is 12.4. The number of hydrogen-bond donors (Lipinski definition) is 2. The highest BCUT2D eigenvalue weighted by Crippen LogP contribution is 2.33. The molecule has 5 nitrogen and oxygen atoms in total. The Bertz CT molecular complexity index is 840. The average molecular weight is 366 g/mol. The van der Waals surface area contributed by atoms with Gasteiger partial charge in [0.2, 0.25) is 5.91 Å². The third-order valence-electron chi connectivity index (χ3n) is 5.70. The van der Waals surface area contributed by atoms with Gasteiger partial charge in [-0.25, -0.2) is 0 Å². The number of carbonyl (C=O) groups is 2. The first-order valence-corrected chi connectivity index (χ1v) is 9.79. The zero-order valence-corrected chi connectivity index (χ0v) is 15.4. The molecule has 2 fully saturated rings. The van der Waals surface area contributed by atoms with E-state index in [9.17, 15) is 9.59 Å². The summed E-state index contributed by atoms with van der Waals surface area (Å²) < 4.78 is 0. The predicted molar refractivity (Wildman–Crippen MR) is 105 cm³/mol. The number of hydrogen-bond acceptors (Lipinski definition) is 3. The fraction of sp³-hybridized carbons (Fsp3) is 0.455. The van der Waals surface area contributed by atoms with Crippen molar-refractivity contribution in [1.82, 2.24) is 10.2 Å². The second-order valence-electron chi connectivity index (χ2n) is 8.01. The van der Waals surface area contributed by atoms with Gasteiger partial charge in [-0.05, 0) is 47.9 Å². The van der Waals surface area contributed by atoms with Gasteiger partial charge in [0.15, 0.2) is 0 Å². The van der Waals surface area contributed by atoms with Crippen molar-refractivity contribution in [2.45, 2.75) is 44.2 Å². The summed E-state index contributed by atoms with van der Waals surface area (Å²) in [5, 5.41) is 14.6. The summed E-state index contributed by atoms with van der Waals surface area (Å²) in [6.07, 6.45) is 4.52. The maximum Gasteiger partial charge on any atom is 0.317 e. The number of benzene rings is 2. The van der Waals surface area contributed by atoms with Gasteiger partial charge < -0.3 is 10.4 Å². The molecule has 0 spiro atoms. The Hall–Kier alpha value is -2.40. The van der Waals surface area contributed by atoms with Gasteiger partial charge in [-0.15, -0.1) is 0 Å². The van der Waals surface area contributed by atoms with Gasteiger partial charge in [0.25, 0.3) is 0 Å². The minimum absolute atomic E-state index is 0.0423. The molecule has 2 aromatic rings. The van der Waals surface area contributed by atoms with Crippen molar-refractivity contribution in [3.05, 3.63) is 48.0 Å². The quantitative estimate of drug-likeness (QED) is 0.754. The van der Waals surface area contributed by atoms with E-state index in [0.29, 0.717) is 12.3 Å². The van der Waals surface area contributed by atoms with E-state index in [0.717, 1.165) is 30.3 Å².